The van der Waals surface area contributed by atoms with Crippen molar-refractivity contribution in [3.63, 3.8) is 0 Å². The highest BCUT2D eigenvalue weighted by atomic mass is 32.2. The van der Waals surface area contributed by atoms with Crippen LogP contribution in [0.1, 0.15) is 38.2 Å². The van der Waals surface area contributed by atoms with Crippen LogP contribution in [0.4, 0.5) is 11.4 Å². The third kappa shape index (κ3) is 7.39. The number of hydrogen-bond acceptors (Lipinski definition) is 5. The van der Waals surface area contributed by atoms with Crippen LogP contribution < -0.4 is 19.3 Å². The van der Waals surface area contributed by atoms with Crippen molar-refractivity contribution >= 4 is 27.3 Å². The summed E-state index contributed by atoms with van der Waals surface area (Å²) in [6.45, 7) is 5.19. The standard InChI is InChI=1S/C25H35N3O4S/c1-20-6-4-16-27(19-20)22-10-8-21(9-11-22)18-26-25(29)7-5-17-28(33(3,30)31)23-12-14-24(32-2)15-13-23/h8-15,20H,4-7,16-19H2,1-3H3,(H,26,29)/t20-/m0/s1. The smallest absolute Gasteiger partial charge is 0.232 e. The van der Waals surface area contributed by atoms with Gasteiger partial charge in [-0.3, -0.25) is 9.10 Å². The Morgan fingerprint density at radius 2 is 1.85 bits per heavy atom. The Labute approximate surface area is 197 Å². The summed E-state index contributed by atoms with van der Waals surface area (Å²) in [5.74, 6) is 1.29. The average Bonchev–Trinajstić information content (AvgIpc) is 2.80. The third-order valence-electron chi connectivity index (χ3n) is 5.97. The first-order chi connectivity index (χ1) is 15.8. The monoisotopic (exact) mass is 473 g/mol. The summed E-state index contributed by atoms with van der Waals surface area (Å²) >= 11 is 0. The third-order valence-corrected chi connectivity index (χ3v) is 7.17. The second-order valence-electron chi connectivity index (χ2n) is 8.77. The molecule has 1 saturated heterocycles. The summed E-state index contributed by atoms with van der Waals surface area (Å²) in [7, 11) is -1.89. The van der Waals surface area contributed by atoms with Crippen LogP contribution in [0, 0.1) is 5.92 Å². The quantitative estimate of drug-likeness (QED) is 0.568. The summed E-state index contributed by atoms with van der Waals surface area (Å²) < 4.78 is 30.9. The lowest BCUT2D eigenvalue weighted by molar-refractivity contribution is -0.121. The predicted octanol–water partition coefficient (Wildman–Crippen LogP) is 3.79. The van der Waals surface area contributed by atoms with Gasteiger partial charge in [-0.1, -0.05) is 19.1 Å². The van der Waals surface area contributed by atoms with Gasteiger partial charge in [0.1, 0.15) is 5.75 Å². The van der Waals surface area contributed by atoms with E-state index in [0.717, 1.165) is 24.6 Å². The Morgan fingerprint density at radius 1 is 1.15 bits per heavy atom. The first-order valence-electron chi connectivity index (χ1n) is 11.5. The number of methoxy groups -OCH3 is 1. The zero-order chi connectivity index (χ0) is 23.8. The van der Waals surface area contributed by atoms with Gasteiger partial charge in [0.15, 0.2) is 0 Å². The van der Waals surface area contributed by atoms with Crippen molar-refractivity contribution in [1.82, 2.24) is 5.32 Å². The molecule has 1 aliphatic rings. The van der Waals surface area contributed by atoms with Crippen LogP contribution in [0.5, 0.6) is 5.75 Å². The normalized spacial score (nSPS) is 16.3. The van der Waals surface area contributed by atoms with E-state index in [1.54, 1.807) is 31.4 Å². The van der Waals surface area contributed by atoms with Crippen molar-refractivity contribution in [3.05, 3.63) is 54.1 Å². The number of amides is 1. The van der Waals surface area contributed by atoms with E-state index >= 15 is 0 Å². The number of hydrogen-bond donors (Lipinski definition) is 1. The number of benzene rings is 2. The van der Waals surface area contributed by atoms with Gasteiger partial charge in [-0.2, -0.15) is 0 Å². The topological polar surface area (TPSA) is 79.0 Å². The van der Waals surface area contributed by atoms with Gasteiger partial charge >= 0.3 is 0 Å². The van der Waals surface area contributed by atoms with Crippen molar-refractivity contribution in [2.75, 3.05) is 42.2 Å². The molecule has 0 spiro atoms. The van der Waals surface area contributed by atoms with Crippen molar-refractivity contribution in [2.45, 2.75) is 39.2 Å². The van der Waals surface area contributed by atoms with E-state index in [4.69, 9.17) is 4.74 Å². The van der Waals surface area contributed by atoms with Gasteiger partial charge in [0.25, 0.3) is 0 Å². The molecule has 180 valence electrons. The van der Waals surface area contributed by atoms with Crippen molar-refractivity contribution in [3.8, 4) is 5.75 Å². The van der Waals surface area contributed by atoms with Gasteiger partial charge < -0.3 is 15.0 Å². The fraction of sp³-hybridized carbons (Fsp3) is 0.480. The van der Waals surface area contributed by atoms with E-state index in [1.165, 1.54) is 29.1 Å². The Hall–Kier alpha value is -2.74. The molecule has 8 heteroatoms. The molecule has 1 heterocycles. The van der Waals surface area contributed by atoms with Crippen LogP contribution in [-0.4, -0.2) is 47.3 Å². The molecule has 0 saturated carbocycles. The number of anilines is 2. The molecule has 2 aromatic carbocycles. The average molecular weight is 474 g/mol. The Balaban J connectivity index is 1.46. The van der Waals surface area contributed by atoms with Gasteiger partial charge in [-0.05, 0) is 67.1 Å². The molecular formula is C25H35N3O4S. The number of ether oxygens (including phenoxy) is 1. The van der Waals surface area contributed by atoms with Gasteiger partial charge in [-0.15, -0.1) is 0 Å². The zero-order valence-electron chi connectivity index (χ0n) is 19.8. The second-order valence-corrected chi connectivity index (χ2v) is 10.7. The summed E-state index contributed by atoms with van der Waals surface area (Å²) in [5, 5.41) is 2.94. The number of nitrogens with zero attached hydrogens (tertiary/aromatic N) is 2. The maximum absolute atomic E-state index is 12.3. The summed E-state index contributed by atoms with van der Waals surface area (Å²) in [4.78, 5) is 14.7. The maximum Gasteiger partial charge on any atom is 0.232 e. The van der Waals surface area contributed by atoms with E-state index in [1.807, 2.05) is 0 Å². The van der Waals surface area contributed by atoms with Crippen LogP contribution >= 0.6 is 0 Å². The number of sulfonamides is 1. The van der Waals surface area contributed by atoms with Crippen molar-refractivity contribution < 1.29 is 17.9 Å². The second kappa shape index (κ2) is 11.4. The van der Waals surface area contributed by atoms with E-state index in [-0.39, 0.29) is 18.9 Å². The zero-order valence-corrected chi connectivity index (χ0v) is 20.6. The molecule has 1 fully saturated rings. The molecule has 0 aliphatic carbocycles. The molecule has 0 bridgehead atoms. The fourth-order valence-corrected chi connectivity index (χ4v) is 5.12. The maximum atomic E-state index is 12.3. The lowest BCUT2D eigenvalue weighted by Gasteiger charge is -2.32. The largest absolute Gasteiger partial charge is 0.497 e. The van der Waals surface area contributed by atoms with E-state index in [0.29, 0.717) is 24.4 Å². The molecular weight excluding hydrogens is 438 g/mol. The van der Waals surface area contributed by atoms with Crippen molar-refractivity contribution in [2.24, 2.45) is 5.92 Å². The molecule has 0 radical (unpaired) electrons. The number of carbonyl (C=O) groups is 1. The first kappa shape index (κ1) is 24.9. The van der Waals surface area contributed by atoms with Crippen LogP contribution in [0.15, 0.2) is 48.5 Å². The Morgan fingerprint density at radius 3 is 2.45 bits per heavy atom. The molecule has 0 aromatic heterocycles. The van der Waals surface area contributed by atoms with Gasteiger partial charge in [0, 0.05) is 38.3 Å². The Kier molecular flexibility index (Phi) is 8.61. The fourth-order valence-electron chi connectivity index (χ4n) is 4.16. The summed E-state index contributed by atoms with van der Waals surface area (Å²) in [6.07, 6.45) is 4.38. The lowest BCUT2D eigenvalue weighted by atomic mass is 9.99. The molecule has 1 amide bonds. The number of rotatable bonds is 10. The van der Waals surface area contributed by atoms with Crippen LogP contribution in [-0.2, 0) is 21.4 Å². The predicted molar refractivity (Wildman–Crippen MR) is 133 cm³/mol. The van der Waals surface area contributed by atoms with Crippen LogP contribution in [0.3, 0.4) is 0 Å². The van der Waals surface area contributed by atoms with Crippen LogP contribution in [0.2, 0.25) is 0 Å². The molecule has 2 aromatic rings. The highest BCUT2D eigenvalue weighted by Crippen LogP contribution is 2.24. The summed E-state index contributed by atoms with van der Waals surface area (Å²) in [6, 6.07) is 15.2. The summed E-state index contributed by atoms with van der Waals surface area (Å²) in [5.41, 5.74) is 2.84. The van der Waals surface area contributed by atoms with Crippen molar-refractivity contribution in [1.29, 1.82) is 0 Å². The molecule has 1 N–H and O–H groups in total. The molecule has 7 nitrogen and oxygen atoms in total. The lowest BCUT2D eigenvalue weighted by Crippen LogP contribution is -2.34. The van der Waals surface area contributed by atoms with Gasteiger partial charge in [0.05, 0.1) is 19.1 Å². The number of nitrogens with one attached hydrogen (secondary N) is 1. The molecule has 3 rings (SSSR count). The first-order valence-corrected chi connectivity index (χ1v) is 13.3. The van der Waals surface area contributed by atoms with Gasteiger partial charge in [0.2, 0.25) is 15.9 Å². The minimum Gasteiger partial charge on any atom is -0.497 e. The number of piperidine rings is 1. The molecule has 1 aliphatic heterocycles. The van der Waals surface area contributed by atoms with E-state index in [2.05, 4.69) is 41.4 Å². The minimum absolute atomic E-state index is 0.0906. The van der Waals surface area contributed by atoms with E-state index < -0.39 is 10.0 Å². The molecule has 1 atom stereocenters. The number of carbonyl (C=O) groups excluding carboxylic acids is 1. The molecule has 0 unspecified atom stereocenters. The molecule has 33 heavy (non-hydrogen) atoms. The van der Waals surface area contributed by atoms with Gasteiger partial charge in [-0.25, -0.2) is 8.42 Å². The SMILES string of the molecule is COc1ccc(N(CCCC(=O)NCc2ccc(N3CCC[C@H](C)C3)cc2)S(C)(=O)=O)cc1. The Bertz CT molecular complexity index is 1010. The van der Waals surface area contributed by atoms with E-state index in [9.17, 15) is 13.2 Å². The highest BCUT2D eigenvalue weighted by molar-refractivity contribution is 7.92. The van der Waals surface area contributed by atoms with Crippen LogP contribution in [0.25, 0.3) is 0 Å². The minimum atomic E-state index is -3.45. The highest BCUT2D eigenvalue weighted by Gasteiger charge is 2.18.